The van der Waals surface area contributed by atoms with E-state index < -0.39 is 5.97 Å². The monoisotopic (exact) mass is 182 g/mol. The Morgan fingerprint density at radius 3 is 2.92 bits per heavy atom. The van der Waals surface area contributed by atoms with Crippen molar-refractivity contribution in [3.05, 3.63) is 23.0 Å². The van der Waals surface area contributed by atoms with Crippen LogP contribution in [0, 0.1) is 0 Å². The van der Waals surface area contributed by atoms with E-state index >= 15 is 0 Å². The molecule has 0 heterocycles. The number of rotatable bonds is 2. The second-order valence-electron chi connectivity index (χ2n) is 2.63. The number of esters is 1. The van der Waals surface area contributed by atoms with E-state index in [0.29, 0.717) is 19.1 Å². The van der Waals surface area contributed by atoms with Crippen molar-refractivity contribution >= 4 is 12.3 Å². The smallest absolute Gasteiger partial charge is 0.338 e. The van der Waals surface area contributed by atoms with Crippen molar-refractivity contribution in [1.29, 1.82) is 0 Å². The normalized spacial score (nSPS) is 16.5. The fourth-order valence-electron chi connectivity index (χ4n) is 1.19. The molecule has 4 heteroatoms. The van der Waals surface area contributed by atoms with Crippen LogP contribution in [-0.2, 0) is 14.3 Å². The first-order valence-electron chi connectivity index (χ1n) is 3.86. The third kappa shape index (κ3) is 1.77. The average molecular weight is 182 g/mol. The molecule has 13 heavy (non-hydrogen) atoms. The Hall–Kier alpha value is -1.58. The van der Waals surface area contributed by atoms with Crippen LogP contribution in [0.3, 0.4) is 0 Å². The molecule has 0 saturated carbocycles. The van der Waals surface area contributed by atoms with Crippen molar-refractivity contribution in [3.8, 4) is 0 Å². The van der Waals surface area contributed by atoms with Gasteiger partial charge in [-0.25, -0.2) is 4.79 Å². The zero-order valence-corrected chi connectivity index (χ0v) is 7.24. The van der Waals surface area contributed by atoms with E-state index in [1.807, 2.05) is 0 Å². The largest absolute Gasteiger partial charge is 0.512 e. The molecule has 1 aliphatic rings. The molecular weight excluding hydrogens is 172 g/mol. The first kappa shape index (κ1) is 9.51. The summed E-state index contributed by atoms with van der Waals surface area (Å²) in [7, 11) is 1.23. The molecule has 1 N–H and O–H groups in total. The number of allylic oxidation sites excluding steroid dienone is 2. The van der Waals surface area contributed by atoms with Gasteiger partial charge in [0.15, 0.2) is 6.29 Å². The number of carbonyl (C=O) groups excluding carboxylic acids is 2. The van der Waals surface area contributed by atoms with Crippen LogP contribution in [0.1, 0.15) is 12.8 Å². The van der Waals surface area contributed by atoms with Crippen LogP contribution in [0.4, 0.5) is 0 Å². The highest BCUT2D eigenvalue weighted by atomic mass is 16.5. The van der Waals surface area contributed by atoms with E-state index in [4.69, 9.17) is 0 Å². The Kier molecular flexibility index (Phi) is 2.84. The topological polar surface area (TPSA) is 63.6 Å². The first-order valence-corrected chi connectivity index (χ1v) is 3.86. The van der Waals surface area contributed by atoms with Crippen molar-refractivity contribution < 1.29 is 19.4 Å². The summed E-state index contributed by atoms with van der Waals surface area (Å²) < 4.78 is 4.46. The molecule has 0 fully saturated rings. The van der Waals surface area contributed by atoms with Gasteiger partial charge in [0.1, 0.15) is 5.76 Å². The minimum Gasteiger partial charge on any atom is -0.512 e. The second-order valence-corrected chi connectivity index (χ2v) is 2.63. The van der Waals surface area contributed by atoms with E-state index in [1.165, 1.54) is 7.11 Å². The molecule has 0 unspecified atom stereocenters. The molecule has 0 atom stereocenters. The summed E-state index contributed by atoms with van der Waals surface area (Å²) in [6.45, 7) is 0. The predicted molar refractivity (Wildman–Crippen MR) is 45.1 cm³/mol. The highest BCUT2D eigenvalue weighted by molar-refractivity contribution is 6.02. The van der Waals surface area contributed by atoms with Crippen molar-refractivity contribution in [2.45, 2.75) is 12.8 Å². The molecule has 0 spiro atoms. The zero-order chi connectivity index (χ0) is 9.84. The molecule has 0 aromatic rings. The molecule has 0 amide bonds. The van der Waals surface area contributed by atoms with Crippen LogP contribution in [0.5, 0.6) is 0 Å². The summed E-state index contributed by atoms with van der Waals surface area (Å²) in [5.41, 5.74) is 0.194. The average Bonchev–Trinajstić information content (AvgIpc) is 2.16. The lowest BCUT2D eigenvalue weighted by Gasteiger charge is -2.12. The van der Waals surface area contributed by atoms with Crippen LogP contribution in [0.15, 0.2) is 23.0 Å². The number of aliphatic hydroxyl groups is 1. The lowest BCUT2D eigenvalue weighted by molar-refractivity contribution is -0.136. The summed E-state index contributed by atoms with van der Waals surface area (Å²) in [5, 5.41) is 9.28. The highest BCUT2D eigenvalue weighted by Crippen LogP contribution is 2.22. The van der Waals surface area contributed by atoms with Crippen LogP contribution in [0.25, 0.3) is 0 Å². The third-order valence-corrected chi connectivity index (χ3v) is 1.85. The van der Waals surface area contributed by atoms with Gasteiger partial charge in [-0.05, 0) is 6.42 Å². The highest BCUT2D eigenvalue weighted by Gasteiger charge is 2.21. The van der Waals surface area contributed by atoms with Gasteiger partial charge in [-0.3, -0.25) is 4.79 Å². The fourth-order valence-corrected chi connectivity index (χ4v) is 1.19. The predicted octanol–water partition coefficient (Wildman–Crippen LogP) is 0.891. The Labute approximate surface area is 75.5 Å². The van der Waals surface area contributed by atoms with Gasteiger partial charge < -0.3 is 9.84 Å². The van der Waals surface area contributed by atoms with Gasteiger partial charge in [0.25, 0.3) is 0 Å². The summed E-state index contributed by atoms with van der Waals surface area (Å²) in [5.74, 6) is -0.633. The summed E-state index contributed by atoms with van der Waals surface area (Å²) in [6.07, 6.45) is 3.01. The summed E-state index contributed by atoms with van der Waals surface area (Å²) >= 11 is 0. The van der Waals surface area contributed by atoms with Crippen LogP contribution in [0.2, 0.25) is 0 Å². The lowest BCUT2D eigenvalue weighted by Crippen LogP contribution is -2.12. The Morgan fingerprint density at radius 2 is 2.38 bits per heavy atom. The van der Waals surface area contributed by atoms with Crippen molar-refractivity contribution in [2.75, 3.05) is 7.11 Å². The van der Waals surface area contributed by atoms with Crippen molar-refractivity contribution in [1.82, 2.24) is 0 Å². The number of hydrogen-bond donors (Lipinski definition) is 1. The number of hydrogen-bond acceptors (Lipinski definition) is 4. The molecule has 70 valence electrons. The third-order valence-electron chi connectivity index (χ3n) is 1.85. The molecule has 1 aliphatic carbocycles. The van der Waals surface area contributed by atoms with E-state index in [9.17, 15) is 14.7 Å². The van der Waals surface area contributed by atoms with E-state index in [0.717, 1.165) is 0 Å². The number of aliphatic hydroxyl groups excluding tert-OH is 1. The molecule has 0 aromatic carbocycles. The van der Waals surface area contributed by atoms with Gasteiger partial charge in [0.05, 0.1) is 18.3 Å². The van der Waals surface area contributed by atoms with E-state index in [1.54, 1.807) is 6.08 Å². The Bertz CT molecular complexity index is 299. The van der Waals surface area contributed by atoms with Gasteiger partial charge in [-0.1, -0.05) is 6.08 Å². The first-order chi connectivity index (χ1) is 6.20. The molecule has 4 nitrogen and oxygen atoms in total. The Morgan fingerprint density at radius 1 is 1.69 bits per heavy atom. The Balaban J connectivity index is 3.02. The van der Waals surface area contributed by atoms with Crippen LogP contribution in [-0.4, -0.2) is 24.5 Å². The number of aldehydes is 1. The fraction of sp³-hybridized carbons (Fsp3) is 0.333. The maximum atomic E-state index is 11.1. The molecule has 1 rings (SSSR count). The molecule has 0 bridgehead atoms. The van der Waals surface area contributed by atoms with E-state index in [2.05, 4.69) is 4.74 Å². The van der Waals surface area contributed by atoms with E-state index in [-0.39, 0.29) is 16.9 Å². The maximum absolute atomic E-state index is 11.1. The summed E-state index contributed by atoms with van der Waals surface area (Å²) in [4.78, 5) is 21.6. The number of methoxy groups -OCH3 is 1. The number of ether oxygens (including phenoxy) is 1. The molecule has 0 aliphatic heterocycles. The van der Waals surface area contributed by atoms with Gasteiger partial charge in [-0.2, -0.15) is 0 Å². The minimum absolute atomic E-state index is 0.0399. The standard InChI is InChI=1S/C9H10O4/c1-13-9(12)6-3-2-4-8(11)7(6)5-10/h3,5,11H,2,4H2,1H3. The molecule has 0 aromatic heterocycles. The lowest BCUT2D eigenvalue weighted by atomic mass is 9.97. The van der Waals surface area contributed by atoms with Crippen molar-refractivity contribution in [3.63, 3.8) is 0 Å². The minimum atomic E-state index is -0.589. The second kappa shape index (κ2) is 3.89. The zero-order valence-electron chi connectivity index (χ0n) is 7.24. The van der Waals surface area contributed by atoms with Gasteiger partial charge in [-0.15, -0.1) is 0 Å². The van der Waals surface area contributed by atoms with Crippen LogP contribution >= 0.6 is 0 Å². The molecule has 0 saturated heterocycles. The van der Waals surface area contributed by atoms with Crippen molar-refractivity contribution in [2.24, 2.45) is 0 Å². The molecular formula is C9H10O4. The number of carbonyl (C=O) groups is 2. The quantitative estimate of drug-likeness (QED) is 0.508. The van der Waals surface area contributed by atoms with Gasteiger partial charge in [0.2, 0.25) is 0 Å². The van der Waals surface area contributed by atoms with Gasteiger partial charge in [0, 0.05) is 6.42 Å². The SMILES string of the molecule is COC(=O)C1=CCCC(O)=C1C=O. The maximum Gasteiger partial charge on any atom is 0.338 e. The van der Waals surface area contributed by atoms with Gasteiger partial charge >= 0.3 is 5.97 Å². The van der Waals surface area contributed by atoms with Crippen LogP contribution < -0.4 is 0 Å². The molecule has 0 radical (unpaired) electrons. The summed E-state index contributed by atoms with van der Waals surface area (Å²) in [6, 6.07) is 0.